The van der Waals surface area contributed by atoms with Crippen LogP contribution in [-0.4, -0.2) is 18.3 Å². The third-order valence-electron chi connectivity index (χ3n) is 30.0. The number of benzene rings is 25. The zero-order valence-electron chi connectivity index (χ0n) is 71.3. The Morgan fingerprint density at radius 1 is 0.153 bits per heavy atom. The summed E-state index contributed by atoms with van der Waals surface area (Å²) < 4.78 is 20.4. The molecule has 31 rings (SSSR count). The van der Waals surface area contributed by atoms with Crippen LogP contribution < -0.4 is 14.2 Å². The Morgan fingerprint density at radius 3 is 0.748 bits per heavy atom. The Hall–Kier alpha value is -16.5. The van der Waals surface area contributed by atoms with Gasteiger partial charge in [-0.15, -0.1) is 0 Å². The number of para-hydroxylation sites is 3. The highest BCUT2D eigenvalue weighted by molar-refractivity contribution is 6.30. The number of ether oxygens (including phenoxy) is 3. The third kappa shape index (κ3) is 10.9. The lowest BCUT2D eigenvalue weighted by atomic mass is 9.83. The molecule has 0 saturated heterocycles. The van der Waals surface area contributed by atoms with Crippen LogP contribution in [0.2, 0.25) is 0 Å². The second-order valence-electron chi connectivity index (χ2n) is 36.7. The second kappa shape index (κ2) is 28.0. The molecule has 0 fully saturated rings. The van der Waals surface area contributed by atoms with E-state index < -0.39 is 0 Å². The minimum Gasteiger partial charge on any atom is -0.484 e. The first-order chi connectivity index (χ1) is 64.9. The van der Waals surface area contributed by atoms with Gasteiger partial charge in [-0.3, -0.25) is 0 Å². The highest BCUT2D eigenvalue weighted by Gasteiger charge is 2.40. The van der Waals surface area contributed by atoms with Crippen LogP contribution in [0.3, 0.4) is 0 Å². The molecule has 0 aromatic heterocycles. The van der Waals surface area contributed by atoms with Crippen LogP contribution in [0.25, 0.3) is 222 Å². The topological polar surface area (TPSA) is 27.7 Å². The van der Waals surface area contributed by atoms with E-state index in [4.69, 9.17) is 14.2 Å². The molecular weight excluding hydrogens is 1590 g/mol. The van der Waals surface area contributed by atoms with Crippen LogP contribution in [0.4, 0.5) is 0 Å². The molecule has 6 unspecified atom stereocenters. The summed E-state index contributed by atoms with van der Waals surface area (Å²) >= 11 is 0. The van der Waals surface area contributed by atoms with Gasteiger partial charge in [0.1, 0.15) is 35.6 Å². The fourth-order valence-electron chi connectivity index (χ4n) is 24.0. The second-order valence-corrected chi connectivity index (χ2v) is 36.7. The minimum atomic E-state index is -0.00975. The smallest absolute Gasteiger partial charge is 0.132 e. The molecule has 0 N–H and O–H groups in total. The summed E-state index contributed by atoms with van der Waals surface area (Å²) in [6.07, 6.45) is 20.9. The fraction of sp³-hybridized carbons (Fsp3) is 0.0469. The summed E-state index contributed by atoms with van der Waals surface area (Å²) in [5.74, 6) is 3.53. The molecule has 6 aliphatic rings. The van der Waals surface area contributed by atoms with Gasteiger partial charge in [0.2, 0.25) is 0 Å². The molecular formula is C128H78O3. The Labute approximate surface area is 754 Å². The molecule has 0 saturated carbocycles. The molecule has 3 aliphatic heterocycles. The average molecular weight is 1660 g/mol. The van der Waals surface area contributed by atoms with Crippen molar-refractivity contribution in [3.8, 4) is 50.6 Å². The van der Waals surface area contributed by atoms with E-state index in [1.165, 1.54) is 256 Å². The van der Waals surface area contributed by atoms with Gasteiger partial charge in [0.15, 0.2) is 0 Å². The Morgan fingerprint density at radius 2 is 0.397 bits per heavy atom. The summed E-state index contributed by atoms with van der Waals surface area (Å²) in [6.45, 7) is 0. The Balaban J connectivity index is 0.0000000965. The monoisotopic (exact) mass is 1660 g/mol. The van der Waals surface area contributed by atoms with E-state index in [1.54, 1.807) is 0 Å². The molecule has 25 aromatic rings. The maximum Gasteiger partial charge on any atom is 0.132 e. The Kier molecular flexibility index (Phi) is 15.5. The first kappa shape index (κ1) is 72.7. The van der Waals surface area contributed by atoms with E-state index in [-0.39, 0.29) is 36.1 Å². The van der Waals surface area contributed by atoms with Gasteiger partial charge in [-0.1, -0.05) is 407 Å². The molecule has 0 bridgehead atoms. The van der Waals surface area contributed by atoms with Crippen molar-refractivity contribution in [1.29, 1.82) is 0 Å². The highest BCUT2D eigenvalue weighted by atomic mass is 16.5. The van der Waals surface area contributed by atoms with E-state index in [0.29, 0.717) is 0 Å². The fourth-order valence-corrected chi connectivity index (χ4v) is 24.0. The van der Waals surface area contributed by atoms with Gasteiger partial charge in [-0.2, -0.15) is 0 Å². The van der Waals surface area contributed by atoms with Crippen molar-refractivity contribution in [2.45, 2.75) is 36.1 Å². The number of hydrogen-bond donors (Lipinski definition) is 0. The SMILES string of the molecule is C1=CC2Oc3c(-c4cc5ccccc5c5ccccc45)cccc3C2C=C1c1ccc2ccc3cccc4ccc1c2c34.C1=CC2Oc3c(-c4ccc5ccc6cccc7ccc4c5c67)cccc3C2C=C1c1cc2ccccc2c2ccccc12.C1=CC2Oc3c(-c4ccc5ccc6cccc7ccc4c5c67)cccc3C2C=C1c1ccc2ccc3cccc4ccc1c2c34. The van der Waals surface area contributed by atoms with Crippen LogP contribution in [0.1, 0.15) is 51.1 Å². The molecule has 0 amide bonds. The number of hydrogen-bond acceptors (Lipinski definition) is 3. The van der Waals surface area contributed by atoms with E-state index in [2.05, 4.69) is 437 Å². The predicted molar refractivity (Wildman–Crippen MR) is 553 cm³/mol. The number of fused-ring (bicyclic) bond motifs is 15. The lowest BCUT2D eigenvalue weighted by molar-refractivity contribution is 0.270. The first-order valence-electron chi connectivity index (χ1n) is 46.0. The van der Waals surface area contributed by atoms with Crippen LogP contribution in [-0.2, 0) is 0 Å². The molecule has 25 aromatic carbocycles. The summed E-state index contributed by atoms with van der Waals surface area (Å²) in [7, 11) is 0. The molecule has 3 aliphatic carbocycles. The lowest BCUT2D eigenvalue weighted by Crippen LogP contribution is -2.17. The first-order valence-corrected chi connectivity index (χ1v) is 46.0. The molecule has 3 heteroatoms. The van der Waals surface area contributed by atoms with Gasteiger partial charge in [0, 0.05) is 51.1 Å². The van der Waals surface area contributed by atoms with Crippen LogP contribution >= 0.6 is 0 Å². The van der Waals surface area contributed by atoms with Crippen LogP contribution in [0.15, 0.2) is 437 Å². The van der Waals surface area contributed by atoms with Crippen molar-refractivity contribution < 1.29 is 14.2 Å². The largest absolute Gasteiger partial charge is 0.484 e. The molecule has 608 valence electrons. The highest BCUT2D eigenvalue weighted by Crippen LogP contribution is 2.56. The normalized spacial score (nSPS) is 17.5. The summed E-state index contributed by atoms with van der Waals surface area (Å²) in [5, 5.41) is 41.7. The summed E-state index contributed by atoms with van der Waals surface area (Å²) in [5.41, 5.74) is 18.6. The zero-order valence-corrected chi connectivity index (χ0v) is 71.3. The van der Waals surface area contributed by atoms with E-state index in [1.807, 2.05) is 0 Å². The van der Waals surface area contributed by atoms with Crippen molar-refractivity contribution in [2.24, 2.45) is 0 Å². The average Bonchev–Trinajstić information content (AvgIpc) is 1.70. The molecule has 0 spiro atoms. The number of rotatable bonds is 6. The van der Waals surface area contributed by atoms with Gasteiger partial charge in [0.05, 0.1) is 0 Å². The molecule has 0 radical (unpaired) electrons. The van der Waals surface area contributed by atoms with Gasteiger partial charge in [-0.25, -0.2) is 0 Å². The van der Waals surface area contributed by atoms with Crippen molar-refractivity contribution in [3.63, 3.8) is 0 Å². The van der Waals surface area contributed by atoms with Crippen LogP contribution in [0.5, 0.6) is 17.2 Å². The predicted octanol–water partition coefficient (Wildman–Crippen LogP) is 33.8. The molecule has 3 heterocycles. The van der Waals surface area contributed by atoms with Gasteiger partial charge < -0.3 is 14.2 Å². The summed E-state index contributed by atoms with van der Waals surface area (Å²) in [4.78, 5) is 0. The number of allylic oxidation sites excluding steroid dienone is 6. The quantitative estimate of drug-likeness (QED) is 0.155. The summed E-state index contributed by atoms with van der Waals surface area (Å²) in [6, 6.07) is 141. The van der Waals surface area contributed by atoms with Crippen molar-refractivity contribution in [2.75, 3.05) is 0 Å². The Bertz CT molecular complexity index is 9390. The van der Waals surface area contributed by atoms with E-state index >= 15 is 0 Å². The molecule has 131 heavy (non-hydrogen) atoms. The maximum absolute atomic E-state index is 6.82. The van der Waals surface area contributed by atoms with Gasteiger partial charge in [0.25, 0.3) is 0 Å². The molecule has 6 atom stereocenters. The lowest BCUT2D eigenvalue weighted by Gasteiger charge is -2.20. The standard InChI is InChI=1S/C44H26O.2C42H26O/c1-4-25-10-12-29-14-19-32(34-21-16-27(6-1)40(25)42(29)34)31-18-23-39-38(24-31)37-9-3-8-36(44(37)45-39)33-20-15-30-13-11-26-5-2-7-28-17-22-35(33)43(30)41(26)28;1-2-10-30-28(7-1)23-37(33-12-4-3-11-32(30)33)35-13-6-14-36-38-24-29(19-22-39(38)43-42(35)36)31-20-17-27-16-15-25-8-5-9-26-18-21-34(31)41(27)40(25)26;1-2-10-30-28(7-1)23-37(32-12-4-3-11-31(30)32)29-19-22-39-38(24-29)36-14-6-13-35(42(36)43-39)33-20-17-27-16-15-25-8-5-9-26-18-21-34(33)41(27)40(25)26/h1-24,38-39H;2*1-24,38-39H. The zero-order chi connectivity index (χ0) is 85.4. The van der Waals surface area contributed by atoms with Gasteiger partial charge >= 0.3 is 0 Å². The van der Waals surface area contributed by atoms with Crippen molar-refractivity contribution >= 4 is 189 Å². The molecule has 3 nitrogen and oxygen atoms in total. The van der Waals surface area contributed by atoms with Gasteiger partial charge in [-0.05, 0) is 253 Å². The van der Waals surface area contributed by atoms with Crippen LogP contribution in [0, 0.1) is 0 Å². The maximum atomic E-state index is 6.82. The van der Waals surface area contributed by atoms with Crippen molar-refractivity contribution in [1.82, 2.24) is 0 Å². The van der Waals surface area contributed by atoms with E-state index in [0.717, 1.165) is 17.2 Å². The van der Waals surface area contributed by atoms with Crippen molar-refractivity contribution in [3.05, 3.63) is 470 Å². The minimum absolute atomic E-state index is 0.00796. The third-order valence-corrected chi connectivity index (χ3v) is 30.0. The van der Waals surface area contributed by atoms with E-state index in [9.17, 15) is 0 Å².